The maximum Gasteiger partial charge on any atom is 0.387 e. The van der Waals surface area contributed by atoms with Crippen LogP contribution < -0.4 is 15.0 Å². The van der Waals surface area contributed by atoms with E-state index in [0.29, 0.717) is 10.2 Å². The van der Waals surface area contributed by atoms with E-state index in [-0.39, 0.29) is 35.0 Å². The smallest absolute Gasteiger partial charge is 0.387 e. The third-order valence-electron chi connectivity index (χ3n) is 3.73. The van der Waals surface area contributed by atoms with Gasteiger partial charge in [-0.1, -0.05) is 6.07 Å². The highest BCUT2D eigenvalue weighted by molar-refractivity contribution is 7.17. The molecular weight excluding hydrogens is 380 g/mol. The molecule has 0 fully saturated rings. The second kappa shape index (κ2) is 7.70. The number of halogens is 2. The second-order valence-electron chi connectivity index (χ2n) is 5.52. The van der Waals surface area contributed by atoms with Gasteiger partial charge in [0, 0.05) is 7.05 Å². The highest BCUT2D eigenvalue weighted by Gasteiger charge is 2.23. The predicted octanol–water partition coefficient (Wildman–Crippen LogP) is 2.87. The molecule has 3 rings (SSSR count). The van der Waals surface area contributed by atoms with Crippen LogP contribution >= 0.6 is 11.3 Å². The number of ether oxygens (including phenoxy) is 2. The first kappa shape index (κ1) is 18.8. The molecule has 0 radical (unpaired) electrons. The van der Waals surface area contributed by atoms with Gasteiger partial charge in [0.15, 0.2) is 11.5 Å². The van der Waals surface area contributed by atoms with Crippen molar-refractivity contribution < 1.29 is 23.0 Å². The summed E-state index contributed by atoms with van der Waals surface area (Å²) in [5, 5.41) is 1.75. The van der Waals surface area contributed by atoms with Gasteiger partial charge in [0.25, 0.3) is 11.5 Å². The van der Waals surface area contributed by atoms with E-state index >= 15 is 0 Å². The van der Waals surface area contributed by atoms with Crippen molar-refractivity contribution in [2.24, 2.45) is 0 Å². The monoisotopic (exact) mass is 395 g/mol. The zero-order valence-corrected chi connectivity index (χ0v) is 15.2. The Bertz CT molecular complexity index is 1030. The van der Waals surface area contributed by atoms with Crippen molar-refractivity contribution in [2.75, 3.05) is 14.2 Å². The van der Waals surface area contributed by atoms with Crippen molar-refractivity contribution in [2.45, 2.75) is 13.2 Å². The summed E-state index contributed by atoms with van der Waals surface area (Å²) in [5.41, 5.74) is 0.146. The summed E-state index contributed by atoms with van der Waals surface area (Å²) >= 11 is 1.27. The number of alkyl halides is 2. The summed E-state index contributed by atoms with van der Waals surface area (Å²) in [6, 6.07) is 5.97. The Morgan fingerprint density at radius 2 is 2.15 bits per heavy atom. The first-order valence-corrected chi connectivity index (χ1v) is 8.62. The van der Waals surface area contributed by atoms with E-state index in [4.69, 9.17) is 4.74 Å². The minimum absolute atomic E-state index is 0.0146. The van der Waals surface area contributed by atoms with Gasteiger partial charge in [0.05, 0.1) is 24.7 Å². The van der Waals surface area contributed by atoms with E-state index < -0.39 is 12.5 Å². The summed E-state index contributed by atoms with van der Waals surface area (Å²) in [5.74, 6) is -0.638. The summed E-state index contributed by atoms with van der Waals surface area (Å²) in [4.78, 5) is 32.9. The zero-order valence-electron chi connectivity index (χ0n) is 14.4. The van der Waals surface area contributed by atoms with E-state index in [2.05, 4.69) is 14.7 Å². The number of hydrogen-bond donors (Lipinski definition) is 1. The second-order valence-corrected chi connectivity index (χ2v) is 6.44. The molecule has 0 saturated heterocycles. The molecule has 0 unspecified atom stereocenters. The van der Waals surface area contributed by atoms with Crippen LogP contribution in [0.15, 0.2) is 34.4 Å². The first-order valence-electron chi connectivity index (χ1n) is 7.74. The number of H-pyrrole nitrogens is 1. The van der Waals surface area contributed by atoms with Gasteiger partial charge in [0.1, 0.15) is 10.5 Å². The number of carbonyl (C=O) groups excluding carboxylic acids is 1. The fourth-order valence-electron chi connectivity index (χ4n) is 2.55. The Balaban J connectivity index is 1.89. The maximum atomic E-state index is 12.7. The van der Waals surface area contributed by atoms with Crippen LogP contribution in [0.2, 0.25) is 0 Å². The van der Waals surface area contributed by atoms with E-state index in [9.17, 15) is 18.4 Å². The molecule has 1 aromatic carbocycles. The molecule has 2 heterocycles. The lowest BCUT2D eigenvalue weighted by Gasteiger charge is -2.19. The largest absolute Gasteiger partial charge is 0.493 e. The number of methoxy groups -OCH3 is 1. The molecule has 0 aliphatic rings. The van der Waals surface area contributed by atoms with Gasteiger partial charge >= 0.3 is 6.61 Å². The Labute approximate surface area is 156 Å². The number of thiophene rings is 1. The first-order chi connectivity index (χ1) is 12.9. The third-order valence-corrected chi connectivity index (χ3v) is 4.64. The topological polar surface area (TPSA) is 84.5 Å². The average molecular weight is 395 g/mol. The summed E-state index contributed by atoms with van der Waals surface area (Å²) in [7, 11) is 2.75. The predicted molar refractivity (Wildman–Crippen MR) is 95.7 cm³/mol. The van der Waals surface area contributed by atoms with Crippen molar-refractivity contribution in [3.05, 3.63) is 51.4 Å². The fourth-order valence-corrected chi connectivity index (χ4v) is 3.28. The molecule has 0 aliphatic carbocycles. The Morgan fingerprint density at radius 3 is 2.85 bits per heavy atom. The number of nitrogens with zero attached hydrogens (tertiary/aromatic N) is 2. The lowest BCUT2D eigenvalue weighted by molar-refractivity contribution is -0.0516. The van der Waals surface area contributed by atoms with Crippen LogP contribution in [0, 0.1) is 0 Å². The van der Waals surface area contributed by atoms with Crippen LogP contribution in [0.25, 0.3) is 10.2 Å². The number of hydrogen-bond acceptors (Lipinski definition) is 6. The van der Waals surface area contributed by atoms with Gasteiger partial charge in [-0.25, -0.2) is 4.98 Å². The van der Waals surface area contributed by atoms with Gasteiger partial charge in [-0.15, -0.1) is 11.3 Å². The van der Waals surface area contributed by atoms with Crippen molar-refractivity contribution in [3.63, 3.8) is 0 Å². The van der Waals surface area contributed by atoms with Crippen molar-refractivity contribution >= 4 is 27.5 Å². The van der Waals surface area contributed by atoms with Crippen LogP contribution in [0.4, 0.5) is 8.78 Å². The number of nitrogens with one attached hydrogen (secondary N) is 1. The molecule has 7 nitrogen and oxygen atoms in total. The molecule has 2 aromatic heterocycles. The fraction of sp³-hybridized carbons (Fsp3) is 0.235. The molecule has 27 heavy (non-hydrogen) atoms. The quantitative estimate of drug-likeness (QED) is 0.694. The molecular formula is C17H15F2N3O4S. The number of para-hydroxylation sites is 1. The normalized spacial score (nSPS) is 11.0. The molecule has 0 atom stereocenters. The van der Waals surface area contributed by atoms with E-state index in [0.717, 1.165) is 0 Å². The van der Waals surface area contributed by atoms with Gasteiger partial charge in [-0.2, -0.15) is 8.78 Å². The summed E-state index contributed by atoms with van der Waals surface area (Å²) in [6.45, 7) is -3.14. The minimum atomic E-state index is -3.11. The summed E-state index contributed by atoms with van der Waals surface area (Å²) < 4.78 is 35.5. The van der Waals surface area contributed by atoms with Gasteiger partial charge in [0.2, 0.25) is 0 Å². The van der Waals surface area contributed by atoms with E-state index in [1.807, 2.05) is 0 Å². The van der Waals surface area contributed by atoms with Crippen molar-refractivity contribution in [1.82, 2.24) is 14.9 Å². The van der Waals surface area contributed by atoms with Gasteiger partial charge in [-0.3, -0.25) is 9.59 Å². The van der Waals surface area contributed by atoms with Crippen molar-refractivity contribution in [3.8, 4) is 11.5 Å². The molecule has 0 aliphatic heterocycles. The highest BCUT2D eigenvalue weighted by atomic mass is 32.1. The minimum Gasteiger partial charge on any atom is -0.493 e. The Morgan fingerprint density at radius 1 is 1.37 bits per heavy atom. The molecule has 0 bridgehead atoms. The number of benzene rings is 1. The molecule has 1 amide bonds. The molecule has 142 valence electrons. The third kappa shape index (κ3) is 3.90. The number of carbonyl (C=O) groups is 1. The standard InChI is InChI=1S/C17H15F2N3O4S/c1-22(8-12-20-10-6-7-27-14(10)15(23)21-12)16(24)9-4-3-5-11(25-2)13(9)26-17(18)19/h3-7,17H,8H2,1-2H3,(H,20,21,23). The number of aromatic nitrogens is 2. The number of fused-ring (bicyclic) bond motifs is 1. The van der Waals surface area contributed by atoms with E-state index in [1.54, 1.807) is 11.4 Å². The Kier molecular flexibility index (Phi) is 5.36. The number of amides is 1. The number of rotatable bonds is 6. The zero-order chi connectivity index (χ0) is 19.6. The molecule has 10 heteroatoms. The van der Waals surface area contributed by atoms with Crippen LogP contribution in [-0.4, -0.2) is 41.5 Å². The van der Waals surface area contributed by atoms with Crippen molar-refractivity contribution in [1.29, 1.82) is 0 Å². The van der Waals surface area contributed by atoms with Gasteiger partial charge in [-0.05, 0) is 23.6 Å². The molecule has 1 N–H and O–H groups in total. The van der Waals surface area contributed by atoms with Crippen LogP contribution in [0.5, 0.6) is 11.5 Å². The lowest BCUT2D eigenvalue weighted by atomic mass is 10.1. The SMILES string of the molecule is COc1cccc(C(=O)N(C)Cc2nc3ccsc3c(=O)[nH]2)c1OC(F)F. The molecule has 3 aromatic rings. The average Bonchev–Trinajstić information content (AvgIpc) is 3.10. The highest BCUT2D eigenvalue weighted by Crippen LogP contribution is 2.33. The van der Waals surface area contributed by atoms with Crippen LogP contribution in [0.1, 0.15) is 16.2 Å². The molecule has 0 saturated carbocycles. The summed E-state index contributed by atoms with van der Waals surface area (Å²) in [6.07, 6.45) is 0. The van der Waals surface area contributed by atoms with Crippen LogP contribution in [-0.2, 0) is 6.54 Å². The lowest BCUT2D eigenvalue weighted by Crippen LogP contribution is -2.29. The molecule has 0 spiro atoms. The van der Waals surface area contributed by atoms with Crippen LogP contribution in [0.3, 0.4) is 0 Å². The number of aromatic amines is 1. The maximum absolute atomic E-state index is 12.7. The Hall–Kier alpha value is -3.01. The van der Waals surface area contributed by atoms with E-state index in [1.165, 1.54) is 48.6 Å². The van der Waals surface area contributed by atoms with Gasteiger partial charge < -0.3 is 19.4 Å².